The summed E-state index contributed by atoms with van der Waals surface area (Å²) in [7, 11) is 3.24. The number of thioether (sulfide) groups is 1. The van der Waals surface area contributed by atoms with Crippen LogP contribution in [0.25, 0.3) is 0 Å². The van der Waals surface area contributed by atoms with Crippen LogP contribution < -0.4 is 4.74 Å². The van der Waals surface area contributed by atoms with Crippen LogP contribution in [-0.2, 0) is 17.2 Å². The van der Waals surface area contributed by atoms with E-state index < -0.39 is 4.92 Å². The molecule has 0 N–H and O–H groups in total. The van der Waals surface area contributed by atoms with Gasteiger partial charge in [0.05, 0.1) is 30.7 Å². The molecule has 0 spiro atoms. The average molecular weight is 446 g/mol. The number of aromatic nitrogens is 5. The molecule has 0 saturated heterocycles. The van der Waals surface area contributed by atoms with Gasteiger partial charge in [0.25, 0.3) is 0 Å². The number of ether oxygens (including phenoxy) is 2. The standard InChI is InChI=1S/C19H23N7O4S/c1-12-18(26(27)28)13(2)24(23-12)11-31-19-22-21-14(3)25(19)20-9-15-6-7-17(30-5)16(8-15)10-29-4/h6-9H,10-11H2,1-5H3/b20-9+. The van der Waals surface area contributed by atoms with Gasteiger partial charge in [0.1, 0.15) is 17.1 Å². The van der Waals surface area contributed by atoms with Gasteiger partial charge < -0.3 is 9.47 Å². The number of aryl methyl sites for hydroxylation is 2. The molecular formula is C19H23N7O4S. The summed E-state index contributed by atoms with van der Waals surface area (Å²) in [6.45, 7) is 5.52. The number of hydrogen-bond donors (Lipinski definition) is 0. The predicted octanol–water partition coefficient (Wildman–Crippen LogP) is 3.10. The lowest BCUT2D eigenvalue weighted by Gasteiger charge is -2.08. The van der Waals surface area contributed by atoms with Gasteiger partial charge in [-0.25, -0.2) is 0 Å². The molecule has 2 heterocycles. The molecular weight excluding hydrogens is 422 g/mol. The summed E-state index contributed by atoms with van der Waals surface area (Å²) in [5.74, 6) is 1.70. The van der Waals surface area contributed by atoms with Gasteiger partial charge in [-0.2, -0.15) is 14.9 Å². The van der Waals surface area contributed by atoms with Crippen LogP contribution in [-0.4, -0.2) is 50.0 Å². The quantitative estimate of drug-likeness (QED) is 0.213. The van der Waals surface area contributed by atoms with Crippen LogP contribution in [0.4, 0.5) is 5.69 Å². The first-order valence-corrected chi connectivity index (χ1v) is 10.3. The highest BCUT2D eigenvalue weighted by molar-refractivity contribution is 7.98. The van der Waals surface area contributed by atoms with E-state index in [1.165, 1.54) is 11.8 Å². The minimum absolute atomic E-state index is 0.0302. The lowest BCUT2D eigenvalue weighted by atomic mass is 10.1. The zero-order valence-electron chi connectivity index (χ0n) is 17.9. The van der Waals surface area contributed by atoms with Crippen molar-refractivity contribution in [2.24, 2.45) is 5.10 Å². The minimum atomic E-state index is -0.414. The maximum absolute atomic E-state index is 11.2. The average Bonchev–Trinajstić information content (AvgIpc) is 3.23. The van der Waals surface area contributed by atoms with E-state index in [0.29, 0.717) is 34.9 Å². The van der Waals surface area contributed by atoms with Crippen LogP contribution in [0, 0.1) is 30.9 Å². The van der Waals surface area contributed by atoms with E-state index in [9.17, 15) is 10.1 Å². The van der Waals surface area contributed by atoms with Crippen molar-refractivity contribution in [1.82, 2.24) is 24.7 Å². The highest BCUT2D eigenvalue weighted by atomic mass is 32.2. The SMILES string of the molecule is COCc1cc(/C=N/n2c(C)nnc2SCn2nc(C)c([N+](=O)[O-])c2C)ccc1OC. The van der Waals surface area contributed by atoms with Crippen molar-refractivity contribution in [2.45, 2.75) is 38.4 Å². The fourth-order valence-electron chi connectivity index (χ4n) is 3.03. The third kappa shape index (κ3) is 4.91. The van der Waals surface area contributed by atoms with Gasteiger partial charge in [0.2, 0.25) is 5.16 Å². The van der Waals surface area contributed by atoms with Gasteiger partial charge in [0, 0.05) is 12.7 Å². The van der Waals surface area contributed by atoms with Crippen LogP contribution in [0.3, 0.4) is 0 Å². The normalized spacial score (nSPS) is 11.4. The highest BCUT2D eigenvalue weighted by Gasteiger charge is 2.22. The summed E-state index contributed by atoms with van der Waals surface area (Å²) >= 11 is 1.33. The molecule has 0 bridgehead atoms. The Kier molecular flexibility index (Phi) is 7.02. The number of nitro groups is 1. The van der Waals surface area contributed by atoms with Gasteiger partial charge in [-0.05, 0) is 44.5 Å². The van der Waals surface area contributed by atoms with Crippen molar-refractivity contribution in [2.75, 3.05) is 14.2 Å². The summed E-state index contributed by atoms with van der Waals surface area (Å²) in [5.41, 5.74) is 2.68. The van der Waals surface area contributed by atoms with E-state index in [0.717, 1.165) is 16.9 Å². The van der Waals surface area contributed by atoms with Gasteiger partial charge in [-0.15, -0.1) is 10.2 Å². The maximum atomic E-state index is 11.2. The Bertz CT molecular complexity index is 1120. The maximum Gasteiger partial charge on any atom is 0.312 e. The van der Waals surface area contributed by atoms with Crippen LogP contribution in [0.15, 0.2) is 28.5 Å². The fourth-order valence-corrected chi connectivity index (χ4v) is 3.92. The Labute approximate surface area is 183 Å². The van der Waals surface area contributed by atoms with E-state index in [1.54, 1.807) is 50.6 Å². The zero-order chi connectivity index (χ0) is 22.5. The first kappa shape index (κ1) is 22.4. The molecule has 31 heavy (non-hydrogen) atoms. The predicted molar refractivity (Wildman–Crippen MR) is 116 cm³/mol. The second-order valence-corrected chi connectivity index (χ2v) is 7.55. The van der Waals surface area contributed by atoms with Crippen molar-refractivity contribution in [3.63, 3.8) is 0 Å². The molecule has 0 saturated carbocycles. The van der Waals surface area contributed by atoms with Crippen molar-refractivity contribution in [1.29, 1.82) is 0 Å². The molecule has 12 heteroatoms. The van der Waals surface area contributed by atoms with Gasteiger partial charge in [-0.3, -0.25) is 14.8 Å². The fraction of sp³-hybridized carbons (Fsp3) is 0.368. The van der Waals surface area contributed by atoms with Crippen LogP contribution in [0.1, 0.15) is 28.3 Å². The Morgan fingerprint density at radius 1 is 1.26 bits per heavy atom. The molecule has 11 nitrogen and oxygen atoms in total. The third-order valence-corrected chi connectivity index (χ3v) is 5.42. The topological polar surface area (TPSA) is 122 Å². The van der Waals surface area contributed by atoms with Crippen LogP contribution in [0.2, 0.25) is 0 Å². The molecule has 0 fully saturated rings. The Morgan fingerprint density at radius 2 is 2.03 bits per heavy atom. The molecule has 0 aliphatic heterocycles. The molecule has 0 amide bonds. The molecule has 3 rings (SSSR count). The van der Waals surface area contributed by atoms with Crippen molar-refractivity contribution < 1.29 is 14.4 Å². The van der Waals surface area contributed by atoms with Crippen molar-refractivity contribution in [3.8, 4) is 5.75 Å². The summed E-state index contributed by atoms with van der Waals surface area (Å²) in [4.78, 5) is 10.8. The summed E-state index contributed by atoms with van der Waals surface area (Å²) < 4.78 is 13.8. The zero-order valence-corrected chi connectivity index (χ0v) is 18.7. The lowest BCUT2D eigenvalue weighted by molar-refractivity contribution is -0.386. The van der Waals surface area contributed by atoms with Gasteiger partial charge in [0.15, 0.2) is 5.82 Å². The Hall–Kier alpha value is -3.25. The number of nitrogens with zero attached hydrogens (tertiary/aromatic N) is 7. The summed E-state index contributed by atoms with van der Waals surface area (Å²) in [6, 6.07) is 5.69. The van der Waals surface area contributed by atoms with Crippen molar-refractivity contribution >= 4 is 23.7 Å². The van der Waals surface area contributed by atoms with E-state index in [-0.39, 0.29) is 5.69 Å². The second kappa shape index (κ2) is 9.71. The molecule has 2 aromatic heterocycles. The lowest BCUT2D eigenvalue weighted by Crippen LogP contribution is -2.03. The van der Waals surface area contributed by atoms with Crippen LogP contribution in [0.5, 0.6) is 5.75 Å². The Balaban J connectivity index is 1.80. The molecule has 164 valence electrons. The molecule has 0 radical (unpaired) electrons. The van der Waals surface area contributed by atoms with E-state index in [4.69, 9.17) is 9.47 Å². The molecule has 0 aliphatic carbocycles. The van der Waals surface area contributed by atoms with Gasteiger partial charge >= 0.3 is 5.69 Å². The van der Waals surface area contributed by atoms with E-state index >= 15 is 0 Å². The number of rotatable bonds is 9. The number of methoxy groups -OCH3 is 2. The third-order valence-electron chi connectivity index (χ3n) is 4.54. The van der Waals surface area contributed by atoms with E-state index in [2.05, 4.69) is 20.4 Å². The smallest absolute Gasteiger partial charge is 0.312 e. The number of hydrogen-bond acceptors (Lipinski definition) is 9. The molecule has 3 aromatic rings. The summed E-state index contributed by atoms with van der Waals surface area (Å²) in [6.07, 6.45) is 1.70. The largest absolute Gasteiger partial charge is 0.496 e. The van der Waals surface area contributed by atoms with Gasteiger partial charge in [-0.1, -0.05) is 11.8 Å². The molecule has 0 unspecified atom stereocenters. The first-order valence-electron chi connectivity index (χ1n) is 9.29. The van der Waals surface area contributed by atoms with Crippen molar-refractivity contribution in [3.05, 3.63) is 56.7 Å². The highest BCUT2D eigenvalue weighted by Crippen LogP contribution is 2.26. The Morgan fingerprint density at radius 3 is 2.68 bits per heavy atom. The first-order chi connectivity index (χ1) is 14.8. The van der Waals surface area contributed by atoms with E-state index in [1.807, 2.05) is 18.2 Å². The monoisotopic (exact) mass is 445 g/mol. The molecule has 0 aliphatic rings. The van der Waals surface area contributed by atoms with Crippen LogP contribution >= 0.6 is 11.8 Å². The molecule has 0 atom stereocenters. The minimum Gasteiger partial charge on any atom is -0.496 e. The summed E-state index contributed by atoms with van der Waals surface area (Å²) in [5, 5.41) is 28.8. The number of benzene rings is 1. The molecule has 1 aromatic carbocycles. The second-order valence-electron chi connectivity index (χ2n) is 6.64.